The van der Waals surface area contributed by atoms with Gasteiger partial charge in [-0.15, -0.1) is 0 Å². The van der Waals surface area contributed by atoms with Crippen LogP contribution in [0.4, 0.5) is 5.69 Å². The summed E-state index contributed by atoms with van der Waals surface area (Å²) >= 11 is 0. The van der Waals surface area contributed by atoms with Crippen LogP contribution in [0.25, 0.3) is 11.1 Å². The maximum absolute atomic E-state index is 2.43. The Morgan fingerprint density at radius 3 is 2.60 bits per heavy atom. The molecule has 0 saturated heterocycles. The molecule has 0 radical (unpaired) electrons. The highest BCUT2D eigenvalue weighted by Gasteiger charge is 2.32. The van der Waals surface area contributed by atoms with Gasteiger partial charge in [-0.1, -0.05) is 44.2 Å². The van der Waals surface area contributed by atoms with Crippen LogP contribution >= 0.6 is 0 Å². The Bertz CT molecular complexity index is 697. The molecule has 1 aliphatic carbocycles. The molecular formula is C19H21N. The van der Waals surface area contributed by atoms with Crippen LogP contribution in [-0.4, -0.2) is 13.6 Å². The molecular weight excluding hydrogens is 242 g/mol. The molecule has 0 spiro atoms. The van der Waals surface area contributed by atoms with Gasteiger partial charge < -0.3 is 4.90 Å². The molecule has 0 fully saturated rings. The molecule has 1 heterocycles. The van der Waals surface area contributed by atoms with Crippen molar-refractivity contribution in [3.05, 3.63) is 53.1 Å². The molecule has 0 N–H and O–H groups in total. The molecule has 2 aliphatic rings. The number of fused-ring (bicyclic) bond motifs is 5. The Balaban J connectivity index is 1.93. The normalized spacial score (nSPS) is 18.4. The fourth-order valence-corrected chi connectivity index (χ4v) is 4.08. The summed E-state index contributed by atoms with van der Waals surface area (Å²) in [7, 11) is 2.23. The van der Waals surface area contributed by atoms with Crippen molar-refractivity contribution in [1.29, 1.82) is 0 Å². The van der Waals surface area contributed by atoms with E-state index < -0.39 is 0 Å². The number of benzene rings is 2. The zero-order chi connectivity index (χ0) is 13.9. The van der Waals surface area contributed by atoms with E-state index in [-0.39, 0.29) is 0 Å². The second-order valence-corrected chi connectivity index (χ2v) is 7.12. The summed E-state index contributed by atoms with van der Waals surface area (Å²) in [6.45, 7) is 5.91. The summed E-state index contributed by atoms with van der Waals surface area (Å²) in [5, 5.41) is 0. The summed E-state index contributed by atoms with van der Waals surface area (Å²) in [5.74, 6) is 0. The highest BCUT2D eigenvalue weighted by Crippen LogP contribution is 2.45. The predicted octanol–water partition coefficient (Wildman–Crippen LogP) is 4.28. The van der Waals surface area contributed by atoms with E-state index in [9.17, 15) is 0 Å². The van der Waals surface area contributed by atoms with Gasteiger partial charge in [0, 0.05) is 19.3 Å². The Morgan fingerprint density at radius 2 is 1.75 bits per heavy atom. The fraction of sp³-hybridized carbons (Fsp3) is 0.368. The molecule has 2 aromatic carbocycles. The molecule has 102 valence electrons. The maximum Gasteiger partial charge on any atom is 0.0399 e. The van der Waals surface area contributed by atoms with Crippen molar-refractivity contribution in [1.82, 2.24) is 0 Å². The monoisotopic (exact) mass is 263 g/mol. The molecule has 0 aromatic heterocycles. The average molecular weight is 263 g/mol. The van der Waals surface area contributed by atoms with Crippen LogP contribution in [0.3, 0.4) is 0 Å². The highest BCUT2D eigenvalue weighted by molar-refractivity contribution is 5.81. The summed E-state index contributed by atoms with van der Waals surface area (Å²) < 4.78 is 0. The lowest BCUT2D eigenvalue weighted by molar-refractivity contribution is 0.355. The maximum atomic E-state index is 2.43. The number of anilines is 1. The van der Waals surface area contributed by atoms with Gasteiger partial charge in [-0.3, -0.25) is 0 Å². The Kier molecular flexibility index (Phi) is 2.33. The third-order valence-corrected chi connectivity index (χ3v) is 4.81. The van der Waals surface area contributed by atoms with E-state index in [1.165, 1.54) is 28.8 Å². The standard InChI is InChI=1S/C19H21N/c1-19(2)11-17-16-10-13-6-4-5-7-14(13)15(16)8-9-18(17)20(3)12-19/h4-9H,10-12H2,1-3H3. The smallest absolute Gasteiger partial charge is 0.0399 e. The molecule has 0 unspecified atom stereocenters. The molecule has 1 nitrogen and oxygen atoms in total. The van der Waals surface area contributed by atoms with Gasteiger partial charge in [-0.2, -0.15) is 0 Å². The van der Waals surface area contributed by atoms with Crippen molar-refractivity contribution < 1.29 is 0 Å². The van der Waals surface area contributed by atoms with Crippen molar-refractivity contribution in [2.45, 2.75) is 26.7 Å². The Morgan fingerprint density at radius 1 is 0.950 bits per heavy atom. The zero-order valence-electron chi connectivity index (χ0n) is 12.5. The lowest BCUT2D eigenvalue weighted by Crippen LogP contribution is -2.38. The third kappa shape index (κ3) is 1.62. The van der Waals surface area contributed by atoms with E-state index >= 15 is 0 Å². The van der Waals surface area contributed by atoms with E-state index in [4.69, 9.17) is 0 Å². The summed E-state index contributed by atoms with van der Waals surface area (Å²) in [6, 6.07) is 13.5. The Hall–Kier alpha value is -1.76. The van der Waals surface area contributed by atoms with Crippen molar-refractivity contribution in [2.75, 3.05) is 18.5 Å². The minimum absolute atomic E-state index is 0.367. The van der Waals surface area contributed by atoms with Crippen LogP contribution < -0.4 is 4.90 Å². The van der Waals surface area contributed by atoms with Gasteiger partial charge in [0.2, 0.25) is 0 Å². The number of hydrogen-bond acceptors (Lipinski definition) is 1. The summed E-state index contributed by atoms with van der Waals surface area (Å²) in [4.78, 5) is 2.43. The molecule has 4 rings (SSSR count). The SMILES string of the molecule is CN1CC(C)(C)Cc2c1ccc1c2Cc2ccccc2-1. The first-order valence-electron chi connectivity index (χ1n) is 7.49. The van der Waals surface area contributed by atoms with E-state index in [0.717, 1.165) is 13.0 Å². The average Bonchev–Trinajstić information content (AvgIpc) is 2.76. The fourth-order valence-electron chi connectivity index (χ4n) is 4.08. The topological polar surface area (TPSA) is 3.24 Å². The van der Waals surface area contributed by atoms with Gasteiger partial charge in [-0.05, 0) is 52.1 Å². The van der Waals surface area contributed by atoms with Gasteiger partial charge >= 0.3 is 0 Å². The summed E-state index contributed by atoms with van der Waals surface area (Å²) in [6.07, 6.45) is 2.31. The van der Waals surface area contributed by atoms with Crippen LogP contribution in [0.15, 0.2) is 36.4 Å². The molecule has 1 heteroatoms. The quantitative estimate of drug-likeness (QED) is 0.585. The van der Waals surface area contributed by atoms with Crippen molar-refractivity contribution in [2.24, 2.45) is 5.41 Å². The minimum atomic E-state index is 0.367. The van der Waals surface area contributed by atoms with Crippen LogP contribution in [0, 0.1) is 5.41 Å². The van der Waals surface area contributed by atoms with Crippen molar-refractivity contribution in [3.63, 3.8) is 0 Å². The van der Waals surface area contributed by atoms with Crippen molar-refractivity contribution in [3.8, 4) is 11.1 Å². The van der Waals surface area contributed by atoms with E-state index in [0.29, 0.717) is 5.41 Å². The first-order chi connectivity index (χ1) is 9.55. The molecule has 2 aromatic rings. The number of rotatable bonds is 0. The van der Waals surface area contributed by atoms with E-state index in [1.807, 2.05) is 0 Å². The van der Waals surface area contributed by atoms with Crippen LogP contribution in [0.1, 0.15) is 30.5 Å². The predicted molar refractivity (Wildman–Crippen MR) is 85.4 cm³/mol. The van der Waals surface area contributed by atoms with E-state index in [1.54, 1.807) is 11.1 Å². The number of hydrogen-bond donors (Lipinski definition) is 0. The summed E-state index contributed by atoms with van der Waals surface area (Å²) in [5.41, 5.74) is 9.35. The van der Waals surface area contributed by atoms with E-state index in [2.05, 4.69) is 62.2 Å². The largest absolute Gasteiger partial charge is 0.374 e. The molecule has 20 heavy (non-hydrogen) atoms. The first kappa shape index (κ1) is 12.0. The lowest BCUT2D eigenvalue weighted by atomic mass is 9.79. The van der Waals surface area contributed by atoms with Gasteiger partial charge in [-0.25, -0.2) is 0 Å². The van der Waals surface area contributed by atoms with Gasteiger partial charge in [0.25, 0.3) is 0 Å². The zero-order valence-corrected chi connectivity index (χ0v) is 12.5. The van der Waals surface area contributed by atoms with Gasteiger partial charge in [0.1, 0.15) is 0 Å². The minimum Gasteiger partial charge on any atom is -0.374 e. The second kappa shape index (κ2) is 3.88. The van der Waals surface area contributed by atoms with Crippen LogP contribution in [0.5, 0.6) is 0 Å². The number of nitrogens with zero attached hydrogens (tertiary/aromatic N) is 1. The molecule has 0 amide bonds. The second-order valence-electron chi connectivity index (χ2n) is 7.12. The van der Waals surface area contributed by atoms with Crippen LogP contribution in [-0.2, 0) is 12.8 Å². The highest BCUT2D eigenvalue weighted by atomic mass is 15.1. The molecule has 0 saturated carbocycles. The third-order valence-electron chi connectivity index (χ3n) is 4.81. The lowest BCUT2D eigenvalue weighted by Gasteiger charge is -2.39. The van der Waals surface area contributed by atoms with Crippen LogP contribution in [0.2, 0.25) is 0 Å². The molecule has 0 atom stereocenters. The van der Waals surface area contributed by atoms with Crippen molar-refractivity contribution >= 4 is 5.69 Å². The Labute approximate surface area is 121 Å². The van der Waals surface area contributed by atoms with Gasteiger partial charge in [0.05, 0.1) is 0 Å². The van der Waals surface area contributed by atoms with Gasteiger partial charge in [0.15, 0.2) is 0 Å². The molecule has 0 bridgehead atoms. The first-order valence-corrected chi connectivity index (χ1v) is 7.49. The molecule has 1 aliphatic heterocycles.